The Bertz CT molecular complexity index is 649. The van der Waals surface area contributed by atoms with Crippen molar-refractivity contribution >= 4 is 32.4 Å². The maximum Gasteiger partial charge on any atom is 0.125 e. The van der Waals surface area contributed by atoms with Crippen molar-refractivity contribution in [3.8, 4) is 0 Å². The fourth-order valence-electron chi connectivity index (χ4n) is 1.58. The Morgan fingerprint density at radius 3 is 2.37 bits per heavy atom. The lowest BCUT2D eigenvalue weighted by atomic mass is 10.2. The molecule has 0 bridgehead atoms. The van der Waals surface area contributed by atoms with Gasteiger partial charge in [0.25, 0.3) is 0 Å². The highest BCUT2D eigenvalue weighted by Crippen LogP contribution is 2.24. The van der Waals surface area contributed by atoms with Crippen LogP contribution in [0.15, 0.2) is 45.8 Å². The minimum absolute atomic E-state index is 0.150. The van der Waals surface area contributed by atoms with Gasteiger partial charge >= 0.3 is 0 Å². The van der Waals surface area contributed by atoms with E-state index in [1.807, 2.05) is 0 Å². The summed E-state index contributed by atoms with van der Waals surface area (Å²) in [6.07, 6.45) is 0. The first-order valence-electron chi connectivity index (χ1n) is 5.34. The van der Waals surface area contributed by atoms with Crippen molar-refractivity contribution in [2.75, 3.05) is 5.73 Å². The summed E-state index contributed by atoms with van der Waals surface area (Å²) in [5.41, 5.74) is 6.48. The van der Waals surface area contributed by atoms with E-state index >= 15 is 0 Å². The topological polar surface area (TPSA) is 43.1 Å². The normalized spacial score (nSPS) is 12.4. The molecule has 19 heavy (non-hydrogen) atoms. The average molecular weight is 346 g/mol. The summed E-state index contributed by atoms with van der Waals surface area (Å²) >= 11 is 3.21. The lowest BCUT2D eigenvalue weighted by Crippen LogP contribution is -2.02. The molecule has 6 heteroatoms. The molecule has 0 radical (unpaired) electrons. The van der Waals surface area contributed by atoms with Crippen LogP contribution in [0.3, 0.4) is 0 Å². The van der Waals surface area contributed by atoms with Crippen LogP contribution in [0.5, 0.6) is 0 Å². The molecule has 2 N–H and O–H groups in total. The van der Waals surface area contributed by atoms with Gasteiger partial charge in [-0.1, -0.05) is 22.0 Å². The lowest BCUT2D eigenvalue weighted by molar-refractivity contribution is 0.625. The highest BCUT2D eigenvalue weighted by Gasteiger charge is 2.12. The number of halogens is 3. The maximum absolute atomic E-state index is 12.9. The molecule has 0 aliphatic heterocycles. The van der Waals surface area contributed by atoms with Gasteiger partial charge in [0.1, 0.15) is 11.6 Å². The van der Waals surface area contributed by atoms with E-state index in [4.69, 9.17) is 5.73 Å². The standard InChI is InChI=1S/C13H10BrF2NOS/c14-11-5-9(15)2-1-8(11)7-19(18)13-4-3-10(16)6-12(13)17/h1-6H,7,17H2. The van der Waals surface area contributed by atoms with E-state index in [2.05, 4.69) is 15.9 Å². The first-order valence-corrected chi connectivity index (χ1v) is 7.46. The number of nitrogens with two attached hydrogens (primary N) is 1. The fraction of sp³-hybridized carbons (Fsp3) is 0.0769. The molecule has 2 nitrogen and oxygen atoms in total. The molecular weight excluding hydrogens is 336 g/mol. The molecule has 1 unspecified atom stereocenters. The van der Waals surface area contributed by atoms with Crippen molar-refractivity contribution in [1.82, 2.24) is 0 Å². The molecule has 0 saturated heterocycles. The first-order chi connectivity index (χ1) is 8.97. The van der Waals surface area contributed by atoms with E-state index in [0.717, 1.165) is 6.07 Å². The zero-order chi connectivity index (χ0) is 14.0. The summed E-state index contributed by atoms with van der Waals surface area (Å²) in [4.78, 5) is 0.373. The average Bonchev–Trinajstić information content (AvgIpc) is 2.32. The van der Waals surface area contributed by atoms with Crippen molar-refractivity contribution in [1.29, 1.82) is 0 Å². The van der Waals surface area contributed by atoms with Gasteiger partial charge in [-0.25, -0.2) is 8.78 Å². The third-order valence-corrected chi connectivity index (χ3v) is 4.69. The fourth-order valence-corrected chi connectivity index (χ4v) is 3.49. The van der Waals surface area contributed by atoms with Crippen LogP contribution < -0.4 is 5.73 Å². The Morgan fingerprint density at radius 1 is 1.11 bits per heavy atom. The number of hydrogen-bond acceptors (Lipinski definition) is 2. The summed E-state index contributed by atoms with van der Waals surface area (Å²) in [7, 11) is -1.42. The molecule has 0 amide bonds. The van der Waals surface area contributed by atoms with Crippen molar-refractivity contribution in [2.45, 2.75) is 10.6 Å². The summed E-state index contributed by atoms with van der Waals surface area (Å²) < 4.78 is 38.6. The SMILES string of the molecule is Nc1cc(F)ccc1S(=O)Cc1ccc(F)cc1Br. The molecule has 0 heterocycles. The van der Waals surface area contributed by atoms with Gasteiger partial charge in [-0.05, 0) is 35.9 Å². The lowest BCUT2D eigenvalue weighted by Gasteiger charge is -2.07. The first kappa shape index (κ1) is 14.1. The van der Waals surface area contributed by atoms with Gasteiger partial charge in [0.05, 0.1) is 27.1 Å². The molecule has 0 aliphatic carbocycles. The molecule has 0 spiro atoms. The van der Waals surface area contributed by atoms with Crippen molar-refractivity contribution in [3.63, 3.8) is 0 Å². The van der Waals surface area contributed by atoms with Crippen LogP contribution in [0.4, 0.5) is 14.5 Å². The Labute approximate surface area is 120 Å². The van der Waals surface area contributed by atoms with Gasteiger partial charge in [-0.2, -0.15) is 0 Å². The number of anilines is 1. The van der Waals surface area contributed by atoms with Gasteiger partial charge in [0, 0.05) is 4.47 Å². The minimum Gasteiger partial charge on any atom is -0.398 e. The van der Waals surface area contributed by atoms with E-state index in [-0.39, 0.29) is 17.3 Å². The van der Waals surface area contributed by atoms with Crippen molar-refractivity contribution < 1.29 is 13.0 Å². The molecule has 1 atom stereocenters. The number of rotatable bonds is 3. The third kappa shape index (κ3) is 3.39. The molecule has 0 aliphatic rings. The van der Waals surface area contributed by atoms with Crippen LogP contribution in [0, 0.1) is 11.6 Å². The quantitative estimate of drug-likeness (QED) is 0.863. The van der Waals surface area contributed by atoms with Gasteiger partial charge in [0.15, 0.2) is 0 Å². The van der Waals surface area contributed by atoms with Gasteiger partial charge < -0.3 is 5.73 Å². The molecule has 2 aromatic rings. The van der Waals surface area contributed by atoms with Gasteiger partial charge in [-0.3, -0.25) is 4.21 Å². The summed E-state index contributed by atoms with van der Waals surface area (Å²) in [6.45, 7) is 0. The molecular formula is C13H10BrF2NOS. The molecule has 2 aromatic carbocycles. The number of nitrogen functional groups attached to an aromatic ring is 1. The molecule has 0 saturated carbocycles. The van der Waals surface area contributed by atoms with E-state index in [1.165, 1.54) is 24.3 Å². The third-order valence-electron chi connectivity index (χ3n) is 2.52. The summed E-state index contributed by atoms with van der Waals surface area (Å²) in [5, 5.41) is 0. The predicted molar refractivity (Wildman–Crippen MR) is 75.0 cm³/mol. The van der Waals surface area contributed by atoms with Crippen LogP contribution in [0.2, 0.25) is 0 Å². The highest BCUT2D eigenvalue weighted by atomic mass is 79.9. The van der Waals surface area contributed by atoms with Gasteiger partial charge in [-0.15, -0.1) is 0 Å². The molecule has 0 fully saturated rings. The molecule has 2 rings (SSSR count). The number of benzene rings is 2. The van der Waals surface area contributed by atoms with Crippen molar-refractivity contribution in [3.05, 3.63) is 58.1 Å². The zero-order valence-corrected chi connectivity index (χ0v) is 12.1. The van der Waals surface area contributed by atoms with Crippen LogP contribution in [0.25, 0.3) is 0 Å². The maximum atomic E-state index is 12.9. The van der Waals surface area contributed by atoms with E-state index < -0.39 is 16.6 Å². The summed E-state index contributed by atoms with van der Waals surface area (Å²) in [6, 6.07) is 7.90. The zero-order valence-electron chi connectivity index (χ0n) is 9.70. The molecule has 100 valence electrons. The Balaban J connectivity index is 2.25. The second-order valence-corrected chi connectivity index (χ2v) is 6.18. The number of hydrogen-bond donors (Lipinski definition) is 1. The van der Waals surface area contributed by atoms with Crippen LogP contribution in [-0.2, 0) is 16.6 Å². The Kier molecular flexibility index (Phi) is 4.31. The Morgan fingerprint density at radius 2 is 1.74 bits per heavy atom. The van der Waals surface area contributed by atoms with Crippen LogP contribution in [-0.4, -0.2) is 4.21 Å². The predicted octanol–water partition coefficient (Wildman–Crippen LogP) is 3.62. The smallest absolute Gasteiger partial charge is 0.125 e. The monoisotopic (exact) mass is 345 g/mol. The second kappa shape index (κ2) is 5.79. The van der Waals surface area contributed by atoms with Crippen LogP contribution in [0.1, 0.15) is 5.56 Å². The highest BCUT2D eigenvalue weighted by molar-refractivity contribution is 9.10. The van der Waals surface area contributed by atoms with E-state index in [1.54, 1.807) is 6.07 Å². The van der Waals surface area contributed by atoms with E-state index in [9.17, 15) is 13.0 Å². The second-order valence-electron chi connectivity index (χ2n) is 3.91. The minimum atomic E-state index is -1.42. The van der Waals surface area contributed by atoms with E-state index in [0.29, 0.717) is 14.9 Å². The summed E-state index contributed by atoms with van der Waals surface area (Å²) in [5.74, 6) is -0.666. The van der Waals surface area contributed by atoms with Crippen molar-refractivity contribution in [2.24, 2.45) is 0 Å². The Hall–Kier alpha value is -1.27. The van der Waals surface area contributed by atoms with Crippen LogP contribution >= 0.6 is 15.9 Å². The molecule has 0 aromatic heterocycles. The van der Waals surface area contributed by atoms with Gasteiger partial charge in [0.2, 0.25) is 0 Å². The largest absolute Gasteiger partial charge is 0.398 e.